The normalized spacial score (nSPS) is 31.3. The van der Waals surface area contributed by atoms with Crippen LogP contribution in [0.15, 0.2) is 30.3 Å². The number of benzene rings is 1. The predicted molar refractivity (Wildman–Crippen MR) is 106 cm³/mol. The lowest BCUT2D eigenvalue weighted by Crippen LogP contribution is -2.33. The Balaban J connectivity index is 0.00000104. The van der Waals surface area contributed by atoms with Gasteiger partial charge in [0.25, 0.3) is 0 Å². The minimum Gasteiger partial charge on any atom is -0.302 e. The van der Waals surface area contributed by atoms with Crippen molar-refractivity contribution in [2.24, 2.45) is 17.8 Å². The summed E-state index contributed by atoms with van der Waals surface area (Å²) in [6.45, 7) is 5.32. The summed E-state index contributed by atoms with van der Waals surface area (Å²) in [6.07, 6.45) is 7.38. The van der Waals surface area contributed by atoms with Gasteiger partial charge in [0, 0.05) is 32.2 Å². The molecule has 3 aliphatic rings. The van der Waals surface area contributed by atoms with Crippen LogP contribution in [0.3, 0.4) is 0 Å². The van der Waals surface area contributed by atoms with Crippen LogP contribution in [0.2, 0.25) is 0 Å². The maximum atomic E-state index is 2.80. The number of halogens is 2. The molecular weight excluding hydrogens is 339 g/mol. The molecule has 2 nitrogen and oxygen atoms in total. The number of hydrogen-bond acceptors (Lipinski definition) is 2. The Morgan fingerprint density at radius 2 is 1.62 bits per heavy atom. The van der Waals surface area contributed by atoms with Crippen LogP contribution in [0.5, 0.6) is 0 Å². The van der Waals surface area contributed by atoms with Crippen LogP contribution >= 0.6 is 24.8 Å². The molecule has 4 rings (SSSR count). The molecule has 136 valence electrons. The molecule has 3 fully saturated rings. The van der Waals surface area contributed by atoms with Crippen LogP contribution in [0.25, 0.3) is 0 Å². The smallest absolute Gasteiger partial charge is 0.0389 e. The number of hydrogen-bond donors (Lipinski definition) is 0. The third-order valence-electron chi connectivity index (χ3n) is 6.35. The molecule has 0 radical (unpaired) electrons. The van der Waals surface area contributed by atoms with Gasteiger partial charge in [0.1, 0.15) is 0 Å². The van der Waals surface area contributed by atoms with E-state index in [0.29, 0.717) is 6.04 Å². The second kappa shape index (κ2) is 8.89. The van der Waals surface area contributed by atoms with Crippen molar-refractivity contribution < 1.29 is 0 Å². The summed E-state index contributed by atoms with van der Waals surface area (Å²) in [7, 11) is 2.32. The molecule has 2 aliphatic heterocycles. The molecule has 0 unspecified atom stereocenters. The van der Waals surface area contributed by atoms with E-state index in [1.165, 1.54) is 63.8 Å². The molecule has 1 saturated carbocycles. The monoisotopic (exact) mass is 370 g/mol. The molecule has 0 spiro atoms. The number of fused-ring (bicyclic) bond motifs is 1. The van der Waals surface area contributed by atoms with E-state index in [9.17, 15) is 0 Å². The molecule has 2 heterocycles. The topological polar surface area (TPSA) is 6.48 Å². The first-order valence-corrected chi connectivity index (χ1v) is 9.29. The van der Waals surface area contributed by atoms with E-state index in [1.54, 1.807) is 0 Å². The maximum absolute atomic E-state index is 2.80. The van der Waals surface area contributed by atoms with Crippen LogP contribution in [-0.4, -0.2) is 43.0 Å². The summed E-state index contributed by atoms with van der Waals surface area (Å²) in [5, 5.41) is 0. The van der Waals surface area contributed by atoms with Gasteiger partial charge in [-0.3, -0.25) is 4.90 Å². The summed E-state index contributed by atoms with van der Waals surface area (Å²) in [5.41, 5.74) is 1.53. The summed E-state index contributed by atoms with van der Waals surface area (Å²) >= 11 is 0. The first-order chi connectivity index (χ1) is 10.8. The Labute approximate surface area is 159 Å². The van der Waals surface area contributed by atoms with Crippen molar-refractivity contribution in [2.75, 3.05) is 33.2 Å². The molecular formula is C20H32Cl2N2. The van der Waals surface area contributed by atoms with Gasteiger partial charge in [-0.05, 0) is 43.2 Å². The van der Waals surface area contributed by atoms with Crippen LogP contribution in [0, 0.1) is 17.8 Å². The van der Waals surface area contributed by atoms with Gasteiger partial charge in [-0.15, -0.1) is 24.8 Å². The molecule has 2 saturated heterocycles. The number of likely N-dealkylation sites (tertiary alicyclic amines) is 2. The molecule has 0 aromatic heterocycles. The molecule has 0 bridgehead atoms. The van der Waals surface area contributed by atoms with Crippen LogP contribution in [-0.2, 0) is 0 Å². The summed E-state index contributed by atoms with van der Waals surface area (Å²) in [4.78, 5) is 5.40. The van der Waals surface area contributed by atoms with Gasteiger partial charge in [-0.1, -0.05) is 49.6 Å². The summed E-state index contributed by atoms with van der Waals surface area (Å²) in [5.74, 6) is 2.72. The number of nitrogens with zero attached hydrogens (tertiary/aromatic N) is 2. The zero-order valence-corrected chi connectivity index (χ0v) is 16.4. The van der Waals surface area contributed by atoms with Gasteiger partial charge in [0.05, 0.1) is 0 Å². The van der Waals surface area contributed by atoms with E-state index < -0.39 is 0 Å². The van der Waals surface area contributed by atoms with Crippen molar-refractivity contribution in [3.05, 3.63) is 35.9 Å². The van der Waals surface area contributed by atoms with Gasteiger partial charge in [0.15, 0.2) is 0 Å². The van der Waals surface area contributed by atoms with Crippen LogP contribution < -0.4 is 0 Å². The average Bonchev–Trinajstić information content (AvgIpc) is 3.04. The van der Waals surface area contributed by atoms with Crippen molar-refractivity contribution in [3.8, 4) is 0 Å². The average molecular weight is 371 g/mol. The Hall–Kier alpha value is -0.280. The first kappa shape index (κ1) is 20.0. The fourth-order valence-corrected chi connectivity index (χ4v) is 5.39. The molecule has 4 heteroatoms. The van der Waals surface area contributed by atoms with Crippen molar-refractivity contribution in [2.45, 2.75) is 38.1 Å². The molecule has 1 aliphatic carbocycles. The molecule has 3 atom stereocenters. The summed E-state index contributed by atoms with van der Waals surface area (Å²) in [6, 6.07) is 11.8. The van der Waals surface area contributed by atoms with Gasteiger partial charge >= 0.3 is 0 Å². The third kappa shape index (κ3) is 4.09. The standard InChI is InChI=1S/C20H30N2.2ClH/c1-21-13-18-14-22(12-16-8-4-2-5-9-16)15-19(18)20(21)17-10-6-3-7-11-17;;/h3,6-7,10-11,16,18-20H,2,4-5,8-9,12-15H2,1H3;2*1H/t18-,19+,20-;;/m0../s1. The Kier molecular flexibility index (Phi) is 7.42. The highest BCUT2D eigenvalue weighted by molar-refractivity contribution is 5.85. The lowest BCUT2D eigenvalue weighted by Gasteiger charge is -2.30. The second-order valence-corrected chi connectivity index (χ2v) is 7.94. The van der Waals surface area contributed by atoms with Gasteiger partial charge < -0.3 is 4.90 Å². The molecule has 1 aromatic rings. The zero-order valence-electron chi connectivity index (χ0n) is 14.8. The van der Waals surface area contributed by atoms with Gasteiger partial charge in [0.2, 0.25) is 0 Å². The van der Waals surface area contributed by atoms with Crippen LogP contribution in [0.1, 0.15) is 43.7 Å². The Morgan fingerprint density at radius 3 is 2.33 bits per heavy atom. The van der Waals surface area contributed by atoms with E-state index in [4.69, 9.17) is 0 Å². The van der Waals surface area contributed by atoms with E-state index in [2.05, 4.69) is 47.2 Å². The molecule has 0 amide bonds. The molecule has 1 aromatic carbocycles. The van der Waals surface area contributed by atoms with Crippen molar-refractivity contribution >= 4 is 24.8 Å². The zero-order chi connectivity index (χ0) is 14.9. The highest BCUT2D eigenvalue weighted by atomic mass is 35.5. The minimum absolute atomic E-state index is 0. The maximum Gasteiger partial charge on any atom is 0.0389 e. The fourth-order valence-electron chi connectivity index (χ4n) is 5.39. The second-order valence-electron chi connectivity index (χ2n) is 7.94. The SMILES string of the molecule is CN1C[C@H]2CN(CC3CCCCC3)C[C@H]2[C@@H]1c1ccccc1.Cl.Cl. The van der Waals surface area contributed by atoms with Crippen LogP contribution in [0.4, 0.5) is 0 Å². The quantitative estimate of drug-likeness (QED) is 0.763. The van der Waals surface area contributed by atoms with Crippen molar-refractivity contribution in [1.82, 2.24) is 9.80 Å². The number of rotatable bonds is 3. The minimum atomic E-state index is 0. The van der Waals surface area contributed by atoms with E-state index in [0.717, 1.165) is 17.8 Å². The largest absolute Gasteiger partial charge is 0.302 e. The molecule has 0 N–H and O–H groups in total. The van der Waals surface area contributed by atoms with E-state index in [1.807, 2.05) is 0 Å². The fraction of sp³-hybridized carbons (Fsp3) is 0.700. The summed E-state index contributed by atoms with van der Waals surface area (Å²) < 4.78 is 0. The Morgan fingerprint density at radius 1 is 0.917 bits per heavy atom. The third-order valence-corrected chi connectivity index (χ3v) is 6.35. The highest BCUT2D eigenvalue weighted by Gasteiger charge is 2.46. The van der Waals surface area contributed by atoms with Crippen molar-refractivity contribution in [1.29, 1.82) is 0 Å². The van der Waals surface area contributed by atoms with E-state index in [-0.39, 0.29) is 24.8 Å². The van der Waals surface area contributed by atoms with E-state index >= 15 is 0 Å². The lowest BCUT2D eigenvalue weighted by atomic mass is 9.89. The van der Waals surface area contributed by atoms with Gasteiger partial charge in [-0.25, -0.2) is 0 Å². The molecule has 24 heavy (non-hydrogen) atoms. The first-order valence-electron chi connectivity index (χ1n) is 9.29. The highest BCUT2D eigenvalue weighted by Crippen LogP contribution is 2.44. The lowest BCUT2D eigenvalue weighted by molar-refractivity contribution is 0.192. The predicted octanol–water partition coefficient (Wildman–Crippen LogP) is 4.65. The van der Waals surface area contributed by atoms with Gasteiger partial charge in [-0.2, -0.15) is 0 Å². The Bertz CT molecular complexity index is 490. The van der Waals surface area contributed by atoms with Crippen molar-refractivity contribution in [3.63, 3.8) is 0 Å².